The third-order valence-electron chi connectivity index (χ3n) is 3.51. The Morgan fingerprint density at radius 1 is 1.30 bits per heavy atom. The molecule has 0 aromatic carbocycles. The molecule has 0 bridgehead atoms. The van der Waals surface area contributed by atoms with Crippen LogP contribution in [0.15, 0.2) is 22.8 Å². The van der Waals surface area contributed by atoms with Crippen LogP contribution < -0.4 is 0 Å². The second-order valence-corrected chi connectivity index (χ2v) is 4.62. The highest BCUT2D eigenvalue weighted by Crippen LogP contribution is 2.36. The summed E-state index contributed by atoms with van der Waals surface area (Å²) in [7, 11) is 2.49. The van der Waals surface area contributed by atoms with Crippen LogP contribution in [0.1, 0.15) is 24.5 Å². The molecule has 2 unspecified atom stereocenters. The van der Waals surface area contributed by atoms with Gasteiger partial charge in [0.1, 0.15) is 5.76 Å². The molecule has 6 nitrogen and oxygen atoms in total. The van der Waals surface area contributed by atoms with Crippen molar-refractivity contribution >= 4 is 11.9 Å². The molecule has 0 N–H and O–H groups in total. The summed E-state index contributed by atoms with van der Waals surface area (Å²) in [5.41, 5.74) is 0. The molecule has 1 aromatic rings. The smallest absolute Gasteiger partial charge is 0.320 e. The molecule has 1 fully saturated rings. The SMILES string of the molecule is COC(=O)C(C(=O)OC)C(c1ccco1)C1CCCO1. The highest BCUT2D eigenvalue weighted by molar-refractivity contribution is 5.96. The van der Waals surface area contributed by atoms with Crippen LogP contribution in [0.2, 0.25) is 0 Å². The normalized spacial score (nSPS) is 19.9. The van der Waals surface area contributed by atoms with Crippen molar-refractivity contribution in [2.24, 2.45) is 5.92 Å². The summed E-state index contributed by atoms with van der Waals surface area (Å²) >= 11 is 0. The van der Waals surface area contributed by atoms with Crippen LogP contribution in [0, 0.1) is 5.92 Å². The average molecular weight is 282 g/mol. The number of hydrogen-bond donors (Lipinski definition) is 0. The molecular formula is C14H18O6. The van der Waals surface area contributed by atoms with Gasteiger partial charge in [-0.15, -0.1) is 0 Å². The first-order valence-electron chi connectivity index (χ1n) is 6.49. The van der Waals surface area contributed by atoms with Crippen molar-refractivity contribution in [3.05, 3.63) is 24.2 Å². The van der Waals surface area contributed by atoms with Crippen molar-refractivity contribution in [1.29, 1.82) is 0 Å². The lowest BCUT2D eigenvalue weighted by molar-refractivity contribution is -0.162. The van der Waals surface area contributed by atoms with E-state index in [0.29, 0.717) is 12.4 Å². The van der Waals surface area contributed by atoms with E-state index in [4.69, 9.17) is 18.6 Å². The van der Waals surface area contributed by atoms with Gasteiger partial charge in [-0.05, 0) is 25.0 Å². The summed E-state index contributed by atoms with van der Waals surface area (Å²) in [4.78, 5) is 24.0. The molecule has 0 spiro atoms. The highest BCUT2D eigenvalue weighted by atomic mass is 16.5. The first-order chi connectivity index (χ1) is 9.69. The van der Waals surface area contributed by atoms with E-state index in [9.17, 15) is 9.59 Å². The fourth-order valence-corrected chi connectivity index (χ4v) is 2.57. The fraction of sp³-hybridized carbons (Fsp3) is 0.571. The molecule has 1 aromatic heterocycles. The zero-order chi connectivity index (χ0) is 14.5. The minimum atomic E-state index is -1.08. The number of hydrogen-bond acceptors (Lipinski definition) is 6. The monoisotopic (exact) mass is 282 g/mol. The Bertz CT molecular complexity index is 430. The van der Waals surface area contributed by atoms with E-state index >= 15 is 0 Å². The summed E-state index contributed by atoms with van der Waals surface area (Å²) in [5.74, 6) is -2.38. The molecule has 0 saturated carbocycles. The number of carbonyl (C=O) groups excluding carboxylic acids is 2. The molecule has 0 radical (unpaired) electrons. The van der Waals surface area contributed by atoms with Crippen LogP contribution in [0.3, 0.4) is 0 Å². The summed E-state index contributed by atoms with van der Waals surface area (Å²) in [6, 6.07) is 3.44. The maximum atomic E-state index is 12.0. The number of ether oxygens (including phenoxy) is 3. The zero-order valence-electron chi connectivity index (χ0n) is 11.5. The van der Waals surface area contributed by atoms with E-state index in [0.717, 1.165) is 12.8 Å². The van der Waals surface area contributed by atoms with Gasteiger partial charge >= 0.3 is 11.9 Å². The Hall–Kier alpha value is -1.82. The van der Waals surface area contributed by atoms with Crippen molar-refractivity contribution in [2.75, 3.05) is 20.8 Å². The molecule has 1 saturated heterocycles. The van der Waals surface area contributed by atoms with Crippen LogP contribution in [0.4, 0.5) is 0 Å². The van der Waals surface area contributed by atoms with Gasteiger partial charge < -0.3 is 18.6 Å². The van der Waals surface area contributed by atoms with Crippen molar-refractivity contribution in [1.82, 2.24) is 0 Å². The van der Waals surface area contributed by atoms with E-state index in [1.54, 1.807) is 12.1 Å². The first-order valence-corrected chi connectivity index (χ1v) is 6.49. The van der Waals surface area contributed by atoms with E-state index < -0.39 is 23.8 Å². The lowest BCUT2D eigenvalue weighted by Crippen LogP contribution is -2.37. The Morgan fingerprint density at radius 3 is 2.45 bits per heavy atom. The Kier molecular flexibility index (Phi) is 4.79. The summed E-state index contributed by atoms with van der Waals surface area (Å²) < 4.78 is 20.5. The van der Waals surface area contributed by atoms with Crippen molar-refractivity contribution in [2.45, 2.75) is 24.9 Å². The number of carbonyl (C=O) groups is 2. The molecular weight excluding hydrogens is 264 g/mol. The molecule has 110 valence electrons. The van der Waals surface area contributed by atoms with Gasteiger partial charge in [-0.2, -0.15) is 0 Å². The molecule has 6 heteroatoms. The van der Waals surface area contributed by atoms with Gasteiger partial charge in [-0.1, -0.05) is 0 Å². The lowest BCUT2D eigenvalue weighted by atomic mass is 9.84. The van der Waals surface area contributed by atoms with Crippen molar-refractivity contribution < 1.29 is 28.2 Å². The predicted molar refractivity (Wildman–Crippen MR) is 67.9 cm³/mol. The minimum Gasteiger partial charge on any atom is -0.469 e. The quantitative estimate of drug-likeness (QED) is 0.602. The van der Waals surface area contributed by atoms with Gasteiger partial charge in [0, 0.05) is 6.61 Å². The molecule has 2 atom stereocenters. The Labute approximate surface area is 117 Å². The van der Waals surface area contributed by atoms with E-state index in [-0.39, 0.29) is 6.10 Å². The van der Waals surface area contributed by atoms with Crippen LogP contribution in [-0.2, 0) is 23.8 Å². The van der Waals surface area contributed by atoms with Crippen molar-refractivity contribution in [3.8, 4) is 0 Å². The average Bonchev–Trinajstić information content (AvgIpc) is 3.16. The van der Waals surface area contributed by atoms with Gasteiger partial charge in [-0.25, -0.2) is 0 Å². The molecule has 1 aliphatic heterocycles. The first kappa shape index (κ1) is 14.6. The fourth-order valence-electron chi connectivity index (χ4n) is 2.57. The number of methoxy groups -OCH3 is 2. The second-order valence-electron chi connectivity index (χ2n) is 4.62. The zero-order valence-corrected chi connectivity index (χ0v) is 11.5. The molecule has 2 rings (SSSR count). The molecule has 0 amide bonds. The van der Waals surface area contributed by atoms with E-state index in [1.807, 2.05) is 0 Å². The molecule has 0 aliphatic carbocycles. The lowest BCUT2D eigenvalue weighted by Gasteiger charge is -2.26. The molecule has 20 heavy (non-hydrogen) atoms. The summed E-state index contributed by atoms with van der Waals surface area (Å²) in [6.07, 6.45) is 2.89. The van der Waals surface area contributed by atoms with Gasteiger partial charge in [0.2, 0.25) is 0 Å². The van der Waals surface area contributed by atoms with Crippen LogP contribution in [0.5, 0.6) is 0 Å². The molecule has 1 aliphatic rings. The van der Waals surface area contributed by atoms with Crippen LogP contribution >= 0.6 is 0 Å². The van der Waals surface area contributed by atoms with E-state index in [1.165, 1.54) is 20.5 Å². The van der Waals surface area contributed by atoms with Gasteiger partial charge in [-0.3, -0.25) is 9.59 Å². The standard InChI is InChI=1S/C14H18O6/c1-17-13(15)12(14(16)18-2)11(9-5-3-7-19-9)10-6-4-8-20-10/h3,5,7,10-12H,4,6,8H2,1-2H3. The van der Waals surface area contributed by atoms with Gasteiger partial charge in [0.15, 0.2) is 5.92 Å². The van der Waals surface area contributed by atoms with Crippen LogP contribution in [0.25, 0.3) is 0 Å². The predicted octanol–water partition coefficient (Wildman–Crippen LogP) is 1.50. The van der Waals surface area contributed by atoms with Crippen LogP contribution in [-0.4, -0.2) is 38.9 Å². The third kappa shape index (κ3) is 2.85. The summed E-state index contributed by atoms with van der Waals surface area (Å²) in [6.45, 7) is 0.608. The topological polar surface area (TPSA) is 75.0 Å². The maximum Gasteiger partial charge on any atom is 0.320 e. The van der Waals surface area contributed by atoms with Gasteiger partial charge in [0.25, 0.3) is 0 Å². The second kappa shape index (κ2) is 6.56. The number of esters is 2. The minimum absolute atomic E-state index is 0.260. The number of furan rings is 1. The van der Waals surface area contributed by atoms with E-state index in [2.05, 4.69) is 0 Å². The largest absolute Gasteiger partial charge is 0.469 e. The summed E-state index contributed by atoms with van der Waals surface area (Å²) in [5, 5.41) is 0. The van der Waals surface area contributed by atoms with Crippen molar-refractivity contribution in [3.63, 3.8) is 0 Å². The Morgan fingerprint density at radius 2 is 2.00 bits per heavy atom. The number of rotatable bonds is 5. The maximum absolute atomic E-state index is 12.0. The van der Waals surface area contributed by atoms with Gasteiger partial charge in [0.05, 0.1) is 32.5 Å². The molecule has 2 heterocycles. The highest BCUT2D eigenvalue weighted by Gasteiger charge is 2.45. The Balaban J connectivity index is 2.35. The third-order valence-corrected chi connectivity index (χ3v) is 3.51.